The Hall–Kier alpha value is -2.06. The third kappa shape index (κ3) is 6.21. The second-order valence-corrected chi connectivity index (χ2v) is 8.80. The maximum absolute atomic E-state index is 12.6. The van der Waals surface area contributed by atoms with Crippen molar-refractivity contribution in [2.24, 2.45) is 10.7 Å². The molecule has 2 aromatic rings. The Morgan fingerprint density at radius 2 is 2.17 bits per heavy atom. The van der Waals surface area contributed by atoms with E-state index < -0.39 is 0 Å². The second kappa shape index (κ2) is 10.6. The fourth-order valence-corrected chi connectivity index (χ4v) is 4.18. The average Bonchev–Trinajstić information content (AvgIpc) is 2.69. The van der Waals surface area contributed by atoms with Crippen LogP contribution < -0.4 is 10.5 Å². The van der Waals surface area contributed by atoms with Crippen LogP contribution in [0.25, 0.3) is 0 Å². The molecule has 0 saturated heterocycles. The first-order chi connectivity index (χ1) is 13.5. The summed E-state index contributed by atoms with van der Waals surface area (Å²) in [6.07, 6.45) is 6.17. The fraction of sp³-hybridized carbons (Fsp3) is 0.429. The molecule has 0 fully saturated rings. The van der Waals surface area contributed by atoms with Crippen molar-refractivity contribution in [2.75, 3.05) is 24.4 Å². The molecule has 3 rings (SSSR count). The van der Waals surface area contributed by atoms with Crippen LogP contribution >= 0.6 is 23.5 Å². The fourth-order valence-electron chi connectivity index (χ4n) is 2.95. The number of nitrogens with zero attached hydrogens (tertiary/aromatic N) is 3. The van der Waals surface area contributed by atoms with E-state index in [0.717, 1.165) is 29.1 Å². The lowest BCUT2D eigenvalue weighted by atomic mass is 9.88. The first kappa shape index (κ1) is 23.2. The van der Waals surface area contributed by atoms with Gasteiger partial charge >= 0.3 is 0 Å². The van der Waals surface area contributed by atoms with Crippen LogP contribution in [0.3, 0.4) is 0 Å². The SMILES string of the molecule is C.CSCCOc1cnc(C(=O)Cc2cccc([C@]3(C)CCSC(N)=N3)c2)cn1. The van der Waals surface area contributed by atoms with E-state index in [1.807, 2.05) is 30.5 Å². The van der Waals surface area contributed by atoms with Crippen molar-refractivity contribution in [3.05, 3.63) is 53.5 Å². The van der Waals surface area contributed by atoms with Gasteiger partial charge in [0.05, 0.1) is 24.5 Å². The smallest absolute Gasteiger partial charge is 0.232 e. The van der Waals surface area contributed by atoms with Crippen LogP contribution in [0.15, 0.2) is 41.7 Å². The van der Waals surface area contributed by atoms with Crippen LogP contribution in [0.2, 0.25) is 0 Å². The summed E-state index contributed by atoms with van der Waals surface area (Å²) in [6.45, 7) is 2.65. The maximum Gasteiger partial charge on any atom is 0.232 e. The van der Waals surface area contributed by atoms with Gasteiger partial charge in [0.2, 0.25) is 5.88 Å². The Morgan fingerprint density at radius 1 is 1.34 bits per heavy atom. The zero-order chi connectivity index (χ0) is 20.0. The molecule has 2 N–H and O–H groups in total. The predicted molar refractivity (Wildman–Crippen MR) is 123 cm³/mol. The third-order valence-electron chi connectivity index (χ3n) is 4.56. The highest BCUT2D eigenvalue weighted by molar-refractivity contribution is 8.13. The van der Waals surface area contributed by atoms with Gasteiger partial charge in [0.25, 0.3) is 0 Å². The van der Waals surface area contributed by atoms with E-state index in [-0.39, 0.29) is 25.2 Å². The molecular formula is C21H28N4O2S2. The largest absolute Gasteiger partial charge is 0.476 e. The van der Waals surface area contributed by atoms with Gasteiger partial charge in [-0.1, -0.05) is 43.5 Å². The molecule has 0 spiro atoms. The summed E-state index contributed by atoms with van der Waals surface area (Å²) < 4.78 is 5.47. The molecule has 29 heavy (non-hydrogen) atoms. The molecule has 0 aliphatic carbocycles. The van der Waals surface area contributed by atoms with Gasteiger partial charge in [-0.3, -0.25) is 9.79 Å². The molecule has 1 aliphatic rings. The zero-order valence-corrected chi connectivity index (χ0v) is 17.7. The normalized spacial score (nSPS) is 18.5. The monoisotopic (exact) mass is 432 g/mol. The highest BCUT2D eigenvalue weighted by atomic mass is 32.2. The topological polar surface area (TPSA) is 90.5 Å². The minimum Gasteiger partial charge on any atom is -0.476 e. The molecule has 156 valence electrons. The first-order valence-electron chi connectivity index (χ1n) is 9.05. The van der Waals surface area contributed by atoms with E-state index in [4.69, 9.17) is 10.5 Å². The van der Waals surface area contributed by atoms with E-state index >= 15 is 0 Å². The quantitative estimate of drug-likeness (QED) is 0.499. The molecule has 0 amide bonds. The van der Waals surface area contributed by atoms with Crippen molar-refractivity contribution in [2.45, 2.75) is 32.7 Å². The number of carbonyl (C=O) groups is 1. The highest BCUT2D eigenvalue weighted by Gasteiger charge is 2.29. The molecule has 2 heterocycles. The van der Waals surface area contributed by atoms with Crippen molar-refractivity contribution < 1.29 is 9.53 Å². The Balaban J connectivity index is 0.00000300. The third-order valence-corrected chi connectivity index (χ3v) is 5.93. The van der Waals surface area contributed by atoms with E-state index in [0.29, 0.717) is 23.3 Å². The molecule has 0 radical (unpaired) electrons. The number of aromatic nitrogens is 2. The number of ether oxygens (including phenoxy) is 1. The molecule has 8 heteroatoms. The zero-order valence-electron chi connectivity index (χ0n) is 16.1. The summed E-state index contributed by atoms with van der Waals surface area (Å²) >= 11 is 3.28. The van der Waals surface area contributed by atoms with Crippen LogP contribution in [0, 0.1) is 0 Å². The van der Waals surface area contributed by atoms with Crippen LogP contribution in [-0.4, -0.2) is 45.3 Å². The van der Waals surface area contributed by atoms with Gasteiger partial charge in [-0.05, 0) is 30.7 Å². The first-order valence-corrected chi connectivity index (χ1v) is 11.4. The lowest BCUT2D eigenvalue weighted by Crippen LogP contribution is -2.28. The molecule has 0 unspecified atom stereocenters. The van der Waals surface area contributed by atoms with Crippen LogP contribution in [-0.2, 0) is 12.0 Å². The Kier molecular flexibility index (Phi) is 8.52. The number of hydrogen-bond donors (Lipinski definition) is 1. The summed E-state index contributed by atoms with van der Waals surface area (Å²) in [5, 5.41) is 0.616. The number of carbonyl (C=O) groups excluding carboxylic acids is 1. The van der Waals surface area contributed by atoms with Crippen molar-refractivity contribution >= 4 is 34.5 Å². The van der Waals surface area contributed by atoms with Gasteiger partial charge in [0, 0.05) is 17.9 Å². The molecule has 6 nitrogen and oxygen atoms in total. The minimum atomic E-state index is -0.343. The minimum absolute atomic E-state index is 0. The Labute approximate surface area is 181 Å². The van der Waals surface area contributed by atoms with E-state index in [1.165, 1.54) is 12.4 Å². The number of thioether (sulfide) groups is 2. The van der Waals surface area contributed by atoms with Gasteiger partial charge < -0.3 is 10.5 Å². The van der Waals surface area contributed by atoms with Crippen LogP contribution in [0.4, 0.5) is 0 Å². The van der Waals surface area contributed by atoms with Crippen molar-refractivity contribution in [3.8, 4) is 5.88 Å². The van der Waals surface area contributed by atoms with Crippen molar-refractivity contribution in [1.82, 2.24) is 9.97 Å². The number of rotatable bonds is 8. The molecule has 1 atom stereocenters. The summed E-state index contributed by atoms with van der Waals surface area (Å²) in [5.41, 5.74) is 7.92. The Bertz CT molecular complexity index is 858. The van der Waals surface area contributed by atoms with Crippen molar-refractivity contribution in [1.29, 1.82) is 0 Å². The van der Waals surface area contributed by atoms with Crippen molar-refractivity contribution in [3.63, 3.8) is 0 Å². The van der Waals surface area contributed by atoms with Gasteiger partial charge in [0.15, 0.2) is 11.0 Å². The number of amidine groups is 1. The number of ketones is 1. The number of benzene rings is 1. The van der Waals surface area contributed by atoms with E-state index in [2.05, 4.69) is 21.9 Å². The summed E-state index contributed by atoms with van der Waals surface area (Å²) in [6, 6.07) is 7.99. The van der Waals surface area contributed by atoms with Gasteiger partial charge in [-0.2, -0.15) is 11.8 Å². The lowest BCUT2D eigenvalue weighted by molar-refractivity contribution is 0.0987. The van der Waals surface area contributed by atoms with E-state index in [9.17, 15) is 4.79 Å². The molecule has 1 aliphatic heterocycles. The predicted octanol–water partition coefficient (Wildman–Crippen LogP) is 3.95. The lowest BCUT2D eigenvalue weighted by Gasteiger charge is -2.30. The maximum atomic E-state index is 12.6. The molecule has 1 aromatic carbocycles. The molecular weight excluding hydrogens is 404 g/mol. The van der Waals surface area contributed by atoms with Crippen LogP contribution in [0.5, 0.6) is 5.88 Å². The summed E-state index contributed by atoms with van der Waals surface area (Å²) in [4.78, 5) is 25.6. The number of hydrogen-bond acceptors (Lipinski definition) is 8. The average molecular weight is 433 g/mol. The number of nitrogens with two attached hydrogens (primary N) is 1. The summed E-state index contributed by atoms with van der Waals surface area (Å²) in [7, 11) is 0. The second-order valence-electron chi connectivity index (χ2n) is 6.70. The standard InChI is InChI=1S/C20H24N4O2S2.CH4/c1-20(6-8-28-19(21)24-20)15-5-3-4-14(10-15)11-17(25)16-12-23-18(13-22-16)26-7-9-27-2;/h3-5,10,12-13H,6-9,11H2,1-2H3,(H2,21,24);1H4/t20-;/m0./s1. The molecule has 0 saturated carbocycles. The Morgan fingerprint density at radius 3 is 2.86 bits per heavy atom. The summed E-state index contributed by atoms with van der Waals surface area (Å²) in [5.74, 6) is 2.18. The molecule has 0 bridgehead atoms. The molecule has 1 aromatic heterocycles. The number of aliphatic imine (C=N–C) groups is 1. The van der Waals surface area contributed by atoms with Gasteiger partial charge in [0.1, 0.15) is 5.69 Å². The van der Waals surface area contributed by atoms with Gasteiger partial charge in [-0.15, -0.1) is 0 Å². The number of Topliss-reactive ketones (excluding diaryl/α,β-unsaturated/α-hetero) is 1. The highest BCUT2D eigenvalue weighted by Crippen LogP contribution is 2.35. The van der Waals surface area contributed by atoms with E-state index in [1.54, 1.807) is 23.5 Å². The van der Waals surface area contributed by atoms with Crippen LogP contribution in [0.1, 0.15) is 42.4 Å². The van der Waals surface area contributed by atoms with Gasteiger partial charge in [-0.25, -0.2) is 9.97 Å².